The summed E-state index contributed by atoms with van der Waals surface area (Å²) in [5.74, 6) is -0.373. The number of imidazole rings is 1. The standard InChI is InChI=1S/C24H30F2N6O2/c1-24(2,33)14-6-7-15(12-14)28-22-27-13-19-21(31-22)32(16-8-10-34-11-9-16)23(29-19)30-20-17(25)4-3-5-18(20)26/h3-5,13-16,33H,6-12H2,1-2H3,(H,29,30)(H,27,28,31)/t14?,15-/m1/s1. The normalized spacial score (nSPS) is 21.8. The van der Waals surface area contributed by atoms with E-state index in [1.165, 1.54) is 18.2 Å². The number of fused-ring (bicyclic) bond motifs is 1. The molecule has 0 amide bonds. The molecule has 0 radical (unpaired) electrons. The zero-order chi connectivity index (χ0) is 23.9. The van der Waals surface area contributed by atoms with Gasteiger partial charge in [0.25, 0.3) is 0 Å². The van der Waals surface area contributed by atoms with E-state index in [0.29, 0.717) is 36.3 Å². The summed E-state index contributed by atoms with van der Waals surface area (Å²) in [6.45, 7) is 4.88. The van der Waals surface area contributed by atoms with Crippen molar-refractivity contribution in [2.75, 3.05) is 23.8 Å². The van der Waals surface area contributed by atoms with Gasteiger partial charge in [-0.05, 0) is 64.0 Å². The van der Waals surface area contributed by atoms with Gasteiger partial charge in [-0.1, -0.05) is 6.07 Å². The number of ether oxygens (including phenoxy) is 1. The van der Waals surface area contributed by atoms with Crippen molar-refractivity contribution in [2.45, 2.75) is 63.6 Å². The third kappa shape index (κ3) is 4.56. The quantitative estimate of drug-likeness (QED) is 0.484. The minimum absolute atomic E-state index is 0.0184. The maximum atomic E-state index is 14.4. The minimum Gasteiger partial charge on any atom is -0.390 e. The first-order valence-corrected chi connectivity index (χ1v) is 11.8. The molecule has 5 rings (SSSR count). The fraction of sp³-hybridized carbons (Fsp3) is 0.542. The van der Waals surface area contributed by atoms with Crippen molar-refractivity contribution in [2.24, 2.45) is 5.92 Å². The van der Waals surface area contributed by atoms with Gasteiger partial charge >= 0.3 is 0 Å². The number of para-hydroxylation sites is 1. The first-order valence-electron chi connectivity index (χ1n) is 11.8. The number of hydrogen-bond donors (Lipinski definition) is 3. The second-order valence-electron chi connectivity index (χ2n) is 9.78. The van der Waals surface area contributed by atoms with Crippen molar-refractivity contribution >= 4 is 28.7 Å². The third-order valence-electron chi connectivity index (χ3n) is 6.95. The predicted octanol–water partition coefficient (Wildman–Crippen LogP) is 4.55. The molecule has 2 aromatic heterocycles. The molecule has 0 spiro atoms. The Hall–Kier alpha value is -2.85. The Bertz CT molecular complexity index is 1150. The molecule has 1 aliphatic heterocycles. The van der Waals surface area contributed by atoms with Gasteiger partial charge in [-0.3, -0.25) is 4.57 Å². The summed E-state index contributed by atoms with van der Waals surface area (Å²) in [7, 11) is 0. The predicted molar refractivity (Wildman–Crippen MR) is 125 cm³/mol. The topological polar surface area (TPSA) is 97.1 Å². The lowest BCUT2D eigenvalue weighted by Gasteiger charge is -2.26. The van der Waals surface area contributed by atoms with Gasteiger partial charge in [0, 0.05) is 25.3 Å². The summed E-state index contributed by atoms with van der Waals surface area (Å²) >= 11 is 0. The van der Waals surface area contributed by atoms with Crippen molar-refractivity contribution < 1.29 is 18.6 Å². The van der Waals surface area contributed by atoms with Crippen LogP contribution in [0.2, 0.25) is 0 Å². The zero-order valence-electron chi connectivity index (χ0n) is 19.4. The number of aromatic nitrogens is 4. The van der Waals surface area contributed by atoms with Gasteiger partial charge in [-0.2, -0.15) is 4.98 Å². The fourth-order valence-electron chi connectivity index (χ4n) is 5.00. The summed E-state index contributed by atoms with van der Waals surface area (Å²) in [5, 5.41) is 16.6. The van der Waals surface area contributed by atoms with Crippen LogP contribution in [0.1, 0.15) is 52.0 Å². The molecule has 2 aliphatic rings. The molecule has 10 heteroatoms. The van der Waals surface area contributed by atoms with Crippen molar-refractivity contribution in [3.8, 4) is 0 Å². The molecule has 0 bridgehead atoms. The molecular formula is C24H30F2N6O2. The van der Waals surface area contributed by atoms with E-state index in [2.05, 4.69) is 20.6 Å². The van der Waals surface area contributed by atoms with Crippen LogP contribution >= 0.6 is 0 Å². The lowest BCUT2D eigenvalue weighted by atomic mass is 9.90. The highest BCUT2D eigenvalue weighted by molar-refractivity contribution is 5.76. The van der Waals surface area contributed by atoms with Gasteiger partial charge < -0.3 is 20.5 Å². The van der Waals surface area contributed by atoms with Crippen LogP contribution in [0.15, 0.2) is 24.4 Å². The van der Waals surface area contributed by atoms with Crippen molar-refractivity contribution in [1.29, 1.82) is 0 Å². The number of hydrogen-bond acceptors (Lipinski definition) is 7. The van der Waals surface area contributed by atoms with Gasteiger partial charge in [-0.15, -0.1) is 0 Å². The van der Waals surface area contributed by atoms with Crippen molar-refractivity contribution in [3.63, 3.8) is 0 Å². The maximum Gasteiger partial charge on any atom is 0.224 e. The van der Waals surface area contributed by atoms with E-state index >= 15 is 0 Å². The van der Waals surface area contributed by atoms with E-state index in [4.69, 9.17) is 9.72 Å². The Kier molecular flexibility index (Phi) is 6.11. The van der Waals surface area contributed by atoms with Crippen LogP contribution in [0.25, 0.3) is 11.2 Å². The number of nitrogens with zero attached hydrogens (tertiary/aromatic N) is 4. The largest absolute Gasteiger partial charge is 0.390 e. The van der Waals surface area contributed by atoms with Crippen LogP contribution in [-0.4, -0.2) is 49.5 Å². The Labute approximate surface area is 196 Å². The lowest BCUT2D eigenvalue weighted by molar-refractivity contribution is 0.0197. The summed E-state index contributed by atoms with van der Waals surface area (Å²) in [6, 6.07) is 3.92. The molecule has 182 valence electrons. The van der Waals surface area contributed by atoms with Crippen molar-refractivity contribution in [1.82, 2.24) is 19.5 Å². The number of halogens is 2. The Morgan fingerprint density at radius 1 is 1.09 bits per heavy atom. The number of benzene rings is 1. The fourth-order valence-corrected chi connectivity index (χ4v) is 5.00. The summed E-state index contributed by atoms with van der Waals surface area (Å²) in [5.41, 5.74) is 0.171. The molecular weight excluding hydrogens is 442 g/mol. The molecule has 3 aromatic rings. The van der Waals surface area contributed by atoms with E-state index in [0.717, 1.165) is 32.1 Å². The van der Waals surface area contributed by atoms with E-state index in [1.54, 1.807) is 6.20 Å². The van der Waals surface area contributed by atoms with Crippen LogP contribution in [-0.2, 0) is 4.74 Å². The second-order valence-corrected chi connectivity index (χ2v) is 9.78. The highest BCUT2D eigenvalue weighted by atomic mass is 19.1. The average molecular weight is 473 g/mol. The molecule has 3 heterocycles. The van der Waals surface area contributed by atoms with E-state index in [1.807, 2.05) is 18.4 Å². The molecule has 8 nitrogen and oxygen atoms in total. The molecule has 1 saturated carbocycles. The zero-order valence-corrected chi connectivity index (χ0v) is 19.4. The molecule has 1 unspecified atom stereocenters. The monoisotopic (exact) mass is 472 g/mol. The second kappa shape index (κ2) is 9.07. The maximum absolute atomic E-state index is 14.4. The van der Waals surface area contributed by atoms with Crippen LogP contribution < -0.4 is 10.6 Å². The van der Waals surface area contributed by atoms with E-state index < -0.39 is 17.2 Å². The molecule has 2 atom stereocenters. The van der Waals surface area contributed by atoms with Gasteiger partial charge in [0.15, 0.2) is 5.65 Å². The van der Waals surface area contributed by atoms with Gasteiger partial charge in [-0.25, -0.2) is 18.7 Å². The Morgan fingerprint density at radius 2 is 1.82 bits per heavy atom. The molecule has 1 aliphatic carbocycles. The highest BCUT2D eigenvalue weighted by Gasteiger charge is 2.35. The number of nitrogens with one attached hydrogen (secondary N) is 2. The smallest absolute Gasteiger partial charge is 0.224 e. The SMILES string of the molecule is CC(C)(O)C1CC[C@@H](Nc2ncc3nc(Nc4c(F)cccc4F)n(C4CCOCC4)c3n2)C1. The van der Waals surface area contributed by atoms with Gasteiger partial charge in [0.1, 0.15) is 22.8 Å². The molecule has 2 fully saturated rings. The molecule has 1 aromatic carbocycles. The van der Waals surface area contributed by atoms with Crippen LogP contribution in [0.4, 0.5) is 26.4 Å². The van der Waals surface area contributed by atoms with Crippen molar-refractivity contribution in [3.05, 3.63) is 36.0 Å². The Balaban J connectivity index is 1.48. The number of aliphatic hydroxyl groups is 1. The van der Waals surface area contributed by atoms with E-state index in [9.17, 15) is 13.9 Å². The Morgan fingerprint density at radius 3 is 2.50 bits per heavy atom. The number of anilines is 3. The van der Waals surface area contributed by atoms with Gasteiger partial charge in [0.2, 0.25) is 11.9 Å². The average Bonchev–Trinajstić information content (AvgIpc) is 3.41. The first kappa shape index (κ1) is 22.9. The van der Waals surface area contributed by atoms with Gasteiger partial charge in [0.05, 0.1) is 11.8 Å². The van der Waals surface area contributed by atoms with E-state index in [-0.39, 0.29) is 23.7 Å². The van der Waals surface area contributed by atoms with Crippen LogP contribution in [0, 0.1) is 17.6 Å². The third-order valence-corrected chi connectivity index (χ3v) is 6.95. The summed E-state index contributed by atoms with van der Waals surface area (Å²) in [4.78, 5) is 13.8. The molecule has 34 heavy (non-hydrogen) atoms. The number of rotatable bonds is 6. The lowest BCUT2D eigenvalue weighted by Crippen LogP contribution is -2.30. The van der Waals surface area contributed by atoms with Crippen LogP contribution in [0.3, 0.4) is 0 Å². The highest BCUT2D eigenvalue weighted by Crippen LogP contribution is 2.36. The summed E-state index contributed by atoms with van der Waals surface area (Å²) < 4.78 is 36.1. The minimum atomic E-state index is -0.717. The van der Waals surface area contributed by atoms with Crippen LogP contribution in [0.5, 0.6) is 0 Å². The molecule has 3 N–H and O–H groups in total. The first-order chi connectivity index (χ1) is 16.3. The summed E-state index contributed by atoms with van der Waals surface area (Å²) in [6.07, 6.45) is 5.81. The molecule has 1 saturated heterocycles.